The van der Waals surface area contributed by atoms with E-state index in [0.29, 0.717) is 13.1 Å². The molecule has 0 fully saturated rings. The van der Waals surface area contributed by atoms with E-state index in [2.05, 4.69) is 31.7 Å². The molecule has 8 nitrogen and oxygen atoms in total. The lowest BCUT2D eigenvalue weighted by Gasteiger charge is -2.07. The van der Waals surface area contributed by atoms with E-state index in [-0.39, 0.29) is 0 Å². The highest BCUT2D eigenvalue weighted by Gasteiger charge is 2.17. The van der Waals surface area contributed by atoms with Gasteiger partial charge in [-0.2, -0.15) is 0 Å². The normalized spacial score (nSPS) is 10.1. The first-order chi connectivity index (χ1) is 8.72. The quantitative estimate of drug-likeness (QED) is 0.242. The molecule has 0 spiro atoms. The number of rotatable bonds is 10. The molecule has 0 amide bonds. The molecule has 0 bridgehead atoms. The van der Waals surface area contributed by atoms with Gasteiger partial charge in [0, 0.05) is 13.1 Å². The van der Waals surface area contributed by atoms with Crippen molar-refractivity contribution in [3.8, 4) is 0 Å². The molecule has 0 radical (unpaired) electrons. The van der Waals surface area contributed by atoms with Crippen LogP contribution in [0.1, 0.15) is 39.5 Å². The molecule has 0 aliphatic rings. The predicted molar refractivity (Wildman–Crippen MR) is 64.3 cm³/mol. The number of hydrogen-bond donors (Lipinski definition) is 4. The molecule has 0 heterocycles. The summed E-state index contributed by atoms with van der Waals surface area (Å²) in [5.41, 5.74) is 9.56. The minimum atomic E-state index is -1.14. The Morgan fingerprint density at radius 3 is 1.56 bits per heavy atom. The van der Waals surface area contributed by atoms with E-state index in [4.69, 9.17) is 0 Å². The Morgan fingerprint density at radius 2 is 1.22 bits per heavy atom. The largest absolute Gasteiger partial charge is 0.439 e. The van der Waals surface area contributed by atoms with Crippen molar-refractivity contribution in [1.29, 1.82) is 0 Å². The third kappa shape index (κ3) is 9.97. The molecule has 0 rings (SSSR count). The fraction of sp³-hybridized carbons (Fsp3) is 0.800. The van der Waals surface area contributed by atoms with Crippen LogP contribution in [0.4, 0.5) is 0 Å². The average molecular weight is 262 g/mol. The van der Waals surface area contributed by atoms with Crippen molar-refractivity contribution in [3.05, 3.63) is 0 Å². The van der Waals surface area contributed by atoms with E-state index in [9.17, 15) is 9.59 Å². The Morgan fingerprint density at radius 1 is 0.833 bits per heavy atom. The van der Waals surface area contributed by atoms with Gasteiger partial charge in [-0.1, -0.05) is 37.9 Å². The summed E-state index contributed by atoms with van der Waals surface area (Å²) in [5, 5.41) is 0. The van der Waals surface area contributed by atoms with E-state index >= 15 is 0 Å². The highest BCUT2D eigenvalue weighted by atomic mass is 16.8. The van der Waals surface area contributed by atoms with Crippen molar-refractivity contribution in [2.75, 3.05) is 13.1 Å². The number of carbonyl (C=O) groups is 2. The van der Waals surface area contributed by atoms with Crippen LogP contribution in [0.3, 0.4) is 0 Å². The first-order valence-electron chi connectivity index (χ1n) is 6.10. The Labute approximate surface area is 107 Å². The molecule has 8 heteroatoms. The van der Waals surface area contributed by atoms with Crippen LogP contribution in [0.5, 0.6) is 0 Å². The minimum Gasteiger partial charge on any atom is -0.346 e. The van der Waals surface area contributed by atoms with Crippen LogP contribution in [0.2, 0.25) is 0 Å². The van der Waals surface area contributed by atoms with Crippen molar-refractivity contribution >= 4 is 11.9 Å². The molecule has 4 N–H and O–H groups in total. The van der Waals surface area contributed by atoms with Crippen LogP contribution in [0.15, 0.2) is 0 Å². The highest BCUT2D eigenvalue weighted by molar-refractivity contribution is 6.29. The monoisotopic (exact) mass is 262 g/mol. The minimum absolute atomic E-state index is 0.635. The zero-order chi connectivity index (χ0) is 13.6. The summed E-state index contributed by atoms with van der Waals surface area (Å²) in [7, 11) is 0. The maximum absolute atomic E-state index is 11.0. The molecule has 0 saturated heterocycles. The molecule has 0 aliphatic carbocycles. The Bertz CT molecular complexity index is 214. The molecule has 0 aromatic rings. The van der Waals surface area contributed by atoms with Crippen molar-refractivity contribution in [3.63, 3.8) is 0 Å². The summed E-state index contributed by atoms with van der Waals surface area (Å²) in [4.78, 5) is 30.8. The maximum atomic E-state index is 11.0. The van der Waals surface area contributed by atoms with Gasteiger partial charge in [0.2, 0.25) is 0 Å². The zero-order valence-electron chi connectivity index (χ0n) is 10.9. The van der Waals surface area contributed by atoms with Gasteiger partial charge in [-0.3, -0.25) is 0 Å². The molecule has 0 aromatic heterocycles. The van der Waals surface area contributed by atoms with Gasteiger partial charge in [-0.25, -0.2) is 20.4 Å². The van der Waals surface area contributed by atoms with Crippen LogP contribution < -0.4 is 22.0 Å². The summed E-state index contributed by atoms with van der Waals surface area (Å²) >= 11 is 0. The first-order valence-corrected chi connectivity index (χ1v) is 6.10. The standard InChI is InChI=1S/C10H22N4O4/c1-3-5-7-11-13-17-9(15)10(16)18-14-12-8-6-4-2/h11-14H,3-8H2,1-2H3. The van der Waals surface area contributed by atoms with E-state index in [1.54, 1.807) is 0 Å². The molecule has 0 aliphatic heterocycles. The Kier molecular flexibility index (Phi) is 11.4. The van der Waals surface area contributed by atoms with Gasteiger partial charge < -0.3 is 9.68 Å². The lowest BCUT2D eigenvalue weighted by Crippen LogP contribution is -2.41. The molecule has 0 aromatic carbocycles. The fourth-order valence-electron chi connectivity index (χ4n) is 0.881. The molecule has 0 atom stereocenters. The van der Waals surface area contributed by atoms with Crippen LogP contribution in [-0.2, 0) is 19.3 Å². The summed E-state index contributed by atoms with van der Waals surface area (Å²) < 4.78 is 0. The van der Waals surface area contributed by atoms with Gasteiger partial charge in [0.25, 0.3) is 0 Å². The van der Waals surface area contributed by atoms with E-state index in [0.717, 1.165) is 25.7 Å². The predicted octanol–water partition coefficient (Wildman–Crippen LogP) is -0.309. The SMILES string of the molecule is CCCCNNOC(=O)C(=O)ONNCCCC. The highest BCUT2D eigenvalue weighted by Crippen LogP contribution is 1.82. The molecular formula is C10H22N4O4. The number of carbonyl (C=O) groups excluding carboxylic acids is 2. The molecule has 0 unspecified atom stereocenters. The Hall–Kier alpha value is -1.22. The zero-order valence-corrected chi connectivity index (χ0v) is 10.9. The van der Waals surface area contributed by atoms with Crippen molar-refractivity contribution < 1.29 is 19.3 Å². The first kappa shape index (κ1) is 16.8. The number of unbranched alkanes of at least 4 members (excludes halogenated alkanes) is 2. The second-order valence-corrected chi connectivity index (χ2v) is 3.54. The fourth-order valence-corrected chi connectivity index (χ4v) is 0.881. The molecule has 106 valence electrons. The smallest absolute Gasteiger partial charge is 0.346 e. The lowest BCUT2D eigenvalue weighted by atomic mass is 10.3. The number of hydrogen-bond acceptors (Lipinski definition) is 8. The summed E-state index contributed by atoms with van der Waals surface area (Å²) in [6.07, 6.45) is 3.88. The van der Waals surface area contributed by atoms with Crippen molar-refractivity contribution in [2.45, 2.75) is 39.5 Å². The van der Waals surface area contributed by atoms with Gasteiger partial charge in [0.05, 0.1) is 0 Å². The van der Waals surface area contributed by atoms with E-state index < -0.39 is 11.9 Å². The number of nitrogens with one attached hydrogen (secondary N) is 4. The van der Waals surface area contributed by atoms with Crippen LogP contribution in [0.25, 0.3) is 0 Å². The van der Waals surface area contributed by atoms with Gasteiger partial charge in [-0.05, 0) is 12.8 Å². The van der Waals surface area contributed by atoms with E-state index in [1.165, 1.54) is 0 Å². The molecule has 0 saturated carbocycles. The second-order valence-electron chi connectivity index (χ2n) is 3.54. The van der Waals surface area contributed by atoms with Gasteiger partial charge in [0.1, 0.15) is 0 Å². The second kappa shape index (κ2) is 12.2. The van der Waals surface area contributed by atoms with Crippen LogP contribution in [0, 0.1) is 0 Å². The number of hydrazine groups is 2. The Balaban J connectivity index is 3.43. The average Bonchev–Trinajstić information content (AvgIpc) is 2.37. The van der Waals surface area contributed by atoms with E-state index in [1.807, 2.05) is 13.8 Å². The van der Waals surface area contributed by atoms with Crippen molar-refractivity contribution in [2.24, 2.45) is 0 Å². The molecule has 18 heavy (non-hydrogen) atoms. The molecular weight excluding hydrogens is 240 g/mol. The van der Waals surface area contributed by atoms with Crippen molar-refractivity contribution in [1.82, 2.24) is 22.0 Å². The van der Waals surface area contributed by atoms with Crippen LogP contribution >= 0.6 is 0 Å². The third-order valence-electron chi connectivity index (χ3n) is 1.91. The topological polar surface area (TPSA) is 101 Å². The summed E-state index contributed by atoms with van der Waals surface area (Å²) in [5.74, 6) is -2.27. The van der Waals surface area contributed by atoms with Gasteiger partial charge >= 0.3 is 11.9 Å². The summed E-state index contributed by atoms with van der Waals surface area (Å²) in [6, 6.07) is 0. The van der Waals surface area contributed by atoms with Crippen LogP contribution in [-0.4, -0.2) is 25.0 Å². The summed E-state index contributed by atoms with van der Waals surface area (Å²) in [6.45, 7) is 5.33. The third-order valence-corrected chi connectivity index (χ3v) is 1.91. The lowest BCUT2D eigenvalue weighted by molar-refractivity contribution is -0.179. The maximum Gasteiger partial charge on any atom is 0.439 e. The van der Waals surface area contributed by atoms with Gasteiger partial charge in [0.15, 0.2) is 0 Å². The van der Waals surface area contributed by atoms with Gasteiger partial charge in [-0.15, -0.1) is 0 Å².